The molecule has 0 radical (unpaired) electrons. The number of hydrogen-bond donors (Lipinski definition) is 2. The summed E-state index contributed by atoms with van der Waals surface area (Å²) in [5.74, 6) is -1.32. The number of carbonyl (C=O) groups is 2. The summed E-state index contributed by atoms with van der Waals surface area (Å²) in [5, 5.41) is 12.3. The highest BCUT2D eigenvalue weighted by atomic mass is 127. The van der Waals surface area contributed by atoms with Crippen LogP contribution in [0.1, 0.15) is 29.6 Å². The first kappa shape index (κ1) is 14.6. The van der Waals surface area contributed by atoms with Gasteiger partial charge in [0.1, 0.15) is 0 Å². The monoisotopic (exact) mass is 393 g/mol. The van der Waals surface area contributed by atoms with Gasteiger partial charge < -0.3 is 10.4 Å². The van der Waals surface area contributed by atoms with Gasteiger partial charge in [-0.3, -0.25) is 9.59 Å². The van der Waals surface area contributed by atoms with E-state index in [0.29, 0.717) is 29.8 Å². The predicted octanol–water partition coefficient (Wildman–Crippen LogP) is 2.93. The normalized spacial score (nSPS) is 22.2. The van der Waals surface area contributed by atoms with Crippen LogP contribution in [0.5, 0.6) is 0 Å². The zero-order valence-electron chi connectivity index (χ0n) is 10.0. The van der Waals surface area contributed by atoms with E-state index in [1.165, 1.54) is 0 Å². The Morgan fingerprint density at radius 3 is 2.68 bits per heavy atom. The topological polar surface area (TPSA) is 66.4 Å². The van der Waals surface area contributed by atoms with Crippen molar-refractivity contribution in [2.45, 2.75) is 25.3 Å². The number of benzene rings is 1. The van der Waals surface area contributed by atoms with Crippen molar-refractivity contribution in [3.8, 4) is 0 Å². The summed E-state index contributed by atoms with van der Waals surface area (Å²) in [4.78, 5) is 22.9. The minimum atomic E-state index is -0.783. The van der Waals surface area contributed by atoms with Crippen LogP contribution in [-0.2, 0) is 4.79 Å². The summed E-state index contributed by atoms with van der Waals surface area (Å²) in [7, 11) is 0. The number of halogens is 2. The summed E-state index contributed by atoms with van der Waals surface area (Å²) in [6, 6.07) is 5.06. The zero-order chi connectivity index (χ0) is 14.0. The van der Waals surface area contributed by atoms with E-state index >= 15 is 0 Å². The molecule has 2 rings (SSSR count). The molecule has 1 saturated carbocycles. The van der Waals surface area contributed by atoms with Crippen LogP contribution in [-0.4, -0.2) is 23.0 Å². The van der Waals surface area contributed by atoms with Crippen molar-refractivity contribution in [1.82, 2.24) is 5.32 Å². The second-order valence-corrected chi connectivity index (χ2v) is 6.22. The zero-order valence-corrected chi connectivity index (χ0v) is 12.9. The van der Waals surface area contributed by atoms with Crippen molar-refractivity contribution in [2.24, 2.45) is 5.92 Å². The fourth-order valence-electron chi connectivity index (χ4n) is 2.24. The number of amides is 1. The number of rotatable bonds is 3. The van der Waals surface area contributed by atoms with Gasteiger partial charge in [0.25, 0.3) is 5.91 Å². The molecule has 1 aromatic carbocycles. The summed E-state index contributed by atoms with van der Waals surface area (Å²) in [5.41, 5.74) is 0.504. The number of carboxylic acids is 1. The smallest absolute Gasteiger partial charge is 0.306 e. The van der Waals surface area contributed by atoms with E-state index in [0.717, 1.165) is 3.57 Å². The second kappa shape index (κ2) is 6.09. The Morgan fingerprint density at radius 1 is 1.37 bits per heavy atom. The highest BCUT2D eigenvalue weighted by molar-refractivity contribution is 14.1. The van der Waals surface area contributed by atoms with Gasteiger partial charge in [-0.1, -0.05) is 11.6 Å². The van der Waals surface area contributed by atoms with Crippen LogP contribution in [0.4, 0.5) is 0 Å². The number of carboxylic acid groups (broad SMARTS) is 1. The third-order valence-corrected chi connectivity index (χ3v) is 4.87. The molecule has 2 unspecified atom stereocenters. The Labute approximate surface area is 129 Å². The Balaban J connectivity index is 1.98. The van der Waals surface area contributed by atoms with Crippen molar-refractivity contribution in [2.75, 3.05) is 0 Å². The van der Waals surface area contributed by atoms with Crippen LogP contribution in [0.2, 0.25) is 5.02 Å². The van der Waals surface area contributed by atoms with Gasteiger partial charge in [-0.25, -0.2) is 0 Å². The van der Waals surface area contributed by atoms with Gasteiger partial charge >= 0.3 is 5.97 Å². The quantitative estimate of drug-likeness (QED) is 0.776. The van der Waals surface area contributed by atoms with Crippen molar-refractivity contribution in [3.63, 3.8) is 0 Å². The van der Waals surface area contributed by atoms with Crippen LogP contribution in [0, 0.1) is 9.49 Å². The van der Waals surface area contributed by atoms with Gasteiger partial charge in [-0.15, -0.1) is 0 Å². The predicted molar refractivity (Wildman–Crippen MR) is 80.4 cm³/mol. The molecule has 4 nitrogen and oxygen atoms in total. The van der Waals surface area contributed by atoms with Crippen molar-refractivity contribution in [1.29, 1.82) is 0 Å². The summed E-state index contributed by atoms with van der Waals surface area (Å²) in [6.45, 7) is 0. The van der Waals surface area contributed by atoms with Gasteiger partial charge in [0, 0.05) is 15.2 Å². The van der Waals surface area contributed by atoms with Crippen LogP contribution in [0.25, 0.3) is 0 Å². The molecule has 2 atom stereocenters. The molecular weight excluding hydrogens is 381 g/mol. The van der Waals surface area contributed by atoms with E-state index in [1.54, 1.807) is 18.2 Å². The highest BCUT2D eigenvalue weighted by Gasteiger charge is 2.30. The number of carbonyl (C=O) groups excluding carboxylic acids is 1. The molecule has 6 heteroatoms. The van der Waals surface area contributed by atoms with Gasteiger partial charge in [0.15, 0.2) is 0 Å². The Hall–Kier alpha value is -0.820. The molecule has 0 spiro atoms. The number of nitrogens with one attached hydrogen (secondary N) is 1. The molecule has 19 heavy (non-hydrogen) atoms. The first-order valence-corrected chi connectivity index (χ1v) is 7.41. The van der Waals surface area contributed by atoms with Crippen LogP contribution >= 0.6 is 34.2 Å². The lowest BCUT2D eigenvalue weighted by Gasteiger charge is -2.12. The van der Waals surface area contributed by atoms with E-state index < -0.39 is 5.97 Å². The Bertz CT molecular complexity index is 521. The molecule has 0 bridgehead atoms. The van der Waals surface area contributed by atoms with E-state index in [1.807, 2.05) is 0 Å². The van der Waals surface area contributed by atoms with Crippen LogP contribution in [0.3, 0.4) is 0 Å². The summed E-state index contributed by atoms with van der Waals surface area (Å²) >= 11 is 8.07. The van der Waals surface area contributed by atoms with Gasteiger partial charge in [0.2, 0.25) is 0 Å². The average Bonchev–Trinajstić information content (AvgIpc) is 2.81. The number of aliphatic carboxylic acids is 1. The molecule has 0 aliphatic heterocycles. The molecule has 0 aromatic heterocycles. The van der Waals surface area contributed by atoms with Crippen LogP contribution in [0.15, 0.2) is 18.2 Å². The lowest BCUT2D eigenvalue weighted by atomic mass is 10.1. The fourth-order valence-corrected chi connectivity index (χ4v) is 2.76. The second-order valence-electron chi connectivity index (χ2n) is 4.65. The van der Waals surface area contributed by atoms with Gasteiger partial charge in [-0.2, -0.15) is 0 Å². The van der Waals surface area contributed by atoms with Crippen LogP contribution < -0.4 is 5.32 Å². The molecule has 0 saturated heterocycles. The van der Waals surface area contributed by atoms with E-state index in [-0.39, 0.29) is 17.9 Å². The molecule has 102 valence electrons. The van der Waals surface area contributed by atoms with E-state index in [4.69, 9.17) is 16.7 Å². The molecule has 1 aromatic rings. The lowest BCUT2D eigenvalue weighted by molar-refractivity contribution is -0.141. The SMILES string of the molecule is O=C(NC1CCC(C(=O)O)C1)c1ccc(I)c(Cl)c1. The maximum absolute atomic E-state index is 12.0. The first-order chi connectivity index (χ1) is 8.97. The fraction of sp³-hybridized carbons (Fsp3) is 0.385. The Kier molecular flexibility index (Phi) is 4.67. The third kappa shape index (κ3) is 3.60. The highest BCUT2D eigenvalue weighted by Crippen LogP contribution is 2.26. The van der Waals surface area contributed by atoms with Gasteiger partial charge in [0.05, 0.1) is 10.9 Å². The number of hydrogen-bond acceptors (Lipinski definition) is 2. The summed E-state index contributed by atoms with van der Waals surface area (Å²) in [6.07, 6.45) is 1.83. The molecule has 1 amide bonds. The molecular formula is C13H13ClINO3. The average molecular weight is 394 g/mol. The molecule has 2 N–H and O–H groups in total. The molecule has 0 heterocycles. The molecule has 1 fully saturated rings. The molecule has 1 aliphatic rings. The first-order valence-electron chi connectivity index (χ1n) is 5.96. The van der Waals surface area contributed by atoms with Gasteiger partial charge in [-0.05, 0) is 60.1 Å². The largest absolute Gasteiger partial charge is 0.481 e. The minimum Gasteiger partial charge on any atom is -0.481 e. The van der Waals surface area contributed by atoms with E-state index in [2.05, 4.69) is 27.9 Å². The maximum atomic E-state index is 12.0. The minimum absolute atomic E-state index is 0.0633. The molecule has 1 aliphatic carbocycles. The lowest BCUT2D eigenvalue weighted by Crippen LogP contribution is -2.33. The standard InChI is InChI=1S/C13H13ClINO3/c14-10-6-7(2-4-11(10)15)12(17)16-9-3-1-8(5-9)13(18)19/h2,4,6,8-9H,1,3,5H2,(H,16,17)(H,18,19). The van der Waals surface area contributed by atoms with E-state index in [9.17, 15) is 9.59 Å². The van der Waals surface area contributed by atoms with Crippen molar-refractivity contribution in [3.05, 3.63) is 32.4 Å². The van der Waals surface area contributed by atoms with Crippen molar-refractivity contribution >= 4 is 46.1 Å². The van der Waals surface area contributed by atoms with Crippen molar-refractivity contribution < 1.29 is 14.7 Å². The maximum Gasteiger partial charge on any atom is 0.306 e. The third-order valence-electron chi connectivity index (χ3n) is 3.30. The summed E-state index contributed by atoms with van der Waals surface area (Å²) < 4.78 is 0.891. The Morgan fingerprint density at radius 2 is 2.11 bits per heavy atom.